The molecule has 0 heterocycles. The molecule has 0 unspecified atom stereocenters. The van der Waals surface area contributed by atoms with Crippen LogP contribution < -0.4 is 5.32 Å². The minimum Gasteiger partial charge on any atom is -0.480 e. The summed E-state index contributed by atoms with van der Waals surface area (Å²) in [6.07, 6.45) is 0. The fourth-order valence-electron chi connectivity index (χ4n) is 1.49. The molecule has 1 rings (SSSR count). The molecule has 2 N–H and O–H groups in total. The number of nitrogens with zero attached hydrogens (tertiary/aromatic N) is 1. The number of hydrogen-bond donors (Lipinski definition) is 2. The van der Waals surface area contributed by atoms with Crippen molar-refractivity contribution in [3.63, 3.8) is 0 Å². The summed E-state index contributed by atoms with van der Waals surface area (Å²) in [7, 11) is 0. The first-order chi connectivity index (χ1) is 9.31. The van der Waals surface area contributed by atoms with E-state index >= 15 is 0 Å². The third kappa shape index (κ3) is 4.54. The molecular formula is C12H14N2O5S. The van der Waals surface area contributed by atoms with Gasteiger partial charge in [0.2, 0.25) is 5.91 Å². The number of carboxylic acids is 1. The lowest BCUT2D eigenvalue weighted by Gasteiger charge is -2.12. The Kier molecular flexibility index (Phi) is 5.51. The van der Waals surface area contributed by atoms with Gasteiger partial charge in [-0.1, -0.05) is 6.07 Å². The van der Waals surface area contributed by atoms with Gasteiger partial charge in [-0.05, 0) is 18.6 Å². The lowest BCUT2D eigenvalue weighted by atomic mass is 10.2. The minimum absolute atomic E-state index is 0.0127. The molecule has 108 valence electrons. The van der Waals surface area contributed by atoms with Crippen LogP contribution in [0.2, 0.25) is 0 Å². The molecule has 0 fully saturated rings. The maximum absolute atomic E-state index is 11.0. The number of carbonyl (C=O) groups is 2. The second-order valence-electron chi connectivity index (χ2n) is 4.13. The number of aliphatic carboxylic acids is 1. The number of nitro benzene ring substituents is 1. The van der Waals surface area contributed by atoms with Gasteiger partial charge in [-0.2, -0.15) is 0 Å². The predicted octanol–water partition coefficient (Wildman–Crippen LogP) is 1.58. The summed E-state index contributed by atoms with van der Waals surface area (Å²) in [5, 5.41) is 22.2. The maximum atomic E-state index is 11.0. The van der Waals surface area contributed by atoms with Gasteiger partial charge < -0.3 is 10.4 Å². The maximum Gasteiger partial charge on any atom is 0.327 e. The van der Waals surface area contributed by atoms with Crippen molar-refractivity contribution in [1.29, 1.82) is 0 Å². The first-order valence-electron chi connectivity index (χ1n) is 5.69. The van der Waals surface area contributed by atoms with Crippen molar-refractivity contribution in [3.8, 4) is 0 Å². The molecule has 8 heteroatoms. The molecule has 0 radical (unpaired) electrons. The van der Waals surface area contributed by atoms with E-state index in [-0.39, 0.29) is 11.4 Å². The van der Waals surface area contributed by atoms with E-state index in [1.54, 1.807) is 19.1 Å². The minimum atomic E-state index is -1.18. The van der Waals surface area contributed by atoms with Gasteiger partial charge in [0, 0.05) is 18.7 Å². The molecule has 0 bridgehead atoms. The molecule has 0 aliphatic carbocycles. The van der Waals surface area contributed by atoms with Crippen molar-refractivity contribution in [2.45, 2.75) is 24.8 Å². The van der Waals surface area contributed by atoms with E-state index in [0.29, 0.717) is 4.90 Å². The Morgan fingerprint density at radius 3 is 2.65 bits per heavy atom. The molecule has 0 aromatic heterocycles. The van der Waals surface area contributed by atoms with Crippen LogP contribution in [0, 0.1) is 17.0 Å². The molecule has 1 amide bonds. The number of amides is 1. The van der Waals surface area contributed by atoms with Crippen LogP contribution in [0.25, 0.3) is 0 Å². The molecule has 1 aromatic rings. The van der Waals surface area contributed by atoms with E-state index < -0.39 is 22.8 Å². The Balaban J connectivity index is 2.85. The van der Waals surface area contributed by atoms with Crippen molar-refractivity contribution in [2.24, 2.45) is 0 Å². The number of aryl methyl sites for hydroxylation is 1. The highest BCUT2D eigenvalue weighted by atomic mass is 32.2. The number of nitrogens with one attached hydrogen (secondary N) is 1. The summed E-state index contributed by atoms with van der Waals surface area (Å²) in [5.74, 6) is -1.63. The SMILES string of the molecule is CC(=O)N[C@@H](CSc1ccc(C)cc1[N+](=O)[O-])C(=O)O. The van der Waals surface area contributed by atoms with Crippen LogP contribution in [0.15, 0.2) is 23.1 Å². The first-order valence-corrected chi connectivity index (χ1v) is 6.67. The summed E-state index contributed by atoms with van der Waals surface area (Å²) >= 11 is 1.03. The lowest BCUT2D eigenvalue weighted by molar-refractivity contribution is -0.387. The first kappa shape index (κ1) is 16.0. The highest BCUT2D eigenvalue weighted by molar-refractivity contribution is 7.99. The summed E-state index contributed by atoms with van der Waals surface area (Å²) < 4.78 is 0. The van der Waals surface area contributed by atoms with Gasteiger partial charge in [0.15, 0.2) is 0 Å². The predicted molar refractivity (Wildman–Crippen MR) is 73.8 cm³/mol. The molecule has 0 spiro atoms. The van der Waals surface area contributed by atoms with Crippen molar-refractivity contribution in [3.05, 3.63) is 33.9 Å². The smallest absolute Gasteiger partial charge is 0.327 e. The van der Waals surface area contributed by atoms with E-state index in [4.69, 9.17) is 5.11 Å². The van der Waals surface area contributed by atoms with Crippen molar-refractivity contribution in [1.82, 2.24) is 5.32 Å². The Morgan fingerprint density at radius 2 is 2.15 bits per heavy atom. The van der Waals surface area contributed by atoms with Gasteiger partial charge in [-0.15, -0.1) is 11.8 Å². The zero-order chi connectivity index (χ0) is 15.3. The average Bonchev–Trinajstić information content (AvgIpc) is 2.34. The topological polar surface area (TPSA) is 110 Å². The van der Waals surface area contributed by atoms with Crippen molar-refractivity contribution in [2.75, 3.05) is 5.75 Å². The number of hydrogen-bond acceptors (Lipinski definition) is 5. The van der Waals surface area contributed by atoms with Crippen LogP contribution in [0.4, 0.5) is 5.69 Å². The highest BCUT2D eigenvalue weighted by Gasteiger charge is 2.21. The lowest BCUT2D eigenvalue weighted by Crippen LogP contribution is -2.41. The molecule has 1 atom stereocenters. The zero-order valence-corrected chi connectivity index (χ0v) is 11.8. The monoisotopic (exact) mass is 298 g/mol. The summed E-state index contributed by atoms with van der Waals surface area (Å²) in [5.41, 5.74) is 0.680. The Morgan fingerprint density at radius 1 is 1.50 bits per heavy atom. The Labute approximate surface area is 119 Å². The van der Waals surface area contributed by atoms with Crippen LogP contribution >= 0.6 is 11.8 Å². The van der Waals surface area contributed by atoms with Crippen LogP contribution in [0.3, 0.4) is 0 Å². The number of rotatable bonds is 6. The molecule has 0 saturated carbocycles. The second-order valence-corrected chi connectivity index (χ2v) is 5.19. The Hall–Kier alpha value is -2.09. The highest BCUT2D eigenvalue weighted by Crippen LogP contribution is 2.30. The summed E-state index contributed by atoms with van der Waals surface area (Å²) in [4.78, 5) is 32.7. The van der Waals surface area contributed by atoms with Crippen molar-refractivity contribution >= 4 is 29.3 Å². The summed E-state index contributed by atoms with van der Waals surface area (Å²) in [6, 6.07) is 3.63. The van der Waals surface area contributed by atoms with Crippen molar-refractivity contribution < 1.29 is 19.6 Å². The molecule has 0 aliphatic rings. The molecule has 1 aromatic carbocycles. The van der Waals surface area contributed by atoms with E-state index in [9.17, 15) is 19.7 Å². The van der Waals surface area contributed by atoms with Gasteiger partial charge in [0.25, 0.3) is 5.69 Å². The van der Waals surface area contributed by atoms with Gasteiger partial charge >= 0.3 is 5.97 Å². The quantitative estimate of drug-likeness (QED) is 0.469. The normalized spacial score (nSPS) is 11.7. The second kappa shape index (κ2) is 6.90. The molecule has 7 nitrogen and oxygen atoms in total. The summed E-state index contributed by atoms with van der Waals surface area (Å²) in [6.45, 7) is 2.95. The van der Waals surface area contributed by atoms with E-state index in [1.807, 2.05) is 0 Å². The van der Waals surface area contributed by atoms with Crippen LogP contribution in [-0.4, -0.2) is 33.7 Å². The van der Waals surface area contributed by atoms with E-state index in [0.717, 1.165) is 17.3 Å². The van der Waals surface area contributed by atoms with Gasteiger partial charge in [-0.3, -0.25) is 14.9 Å². The largest absolute Gasteiger partial charge is 0.480 e. The fourth-order valence-corrected chi connectivity index (χ4v) is 2.50. The average molecular weight is 298 g/mol. The number of thioether (sulfide) groups is 1. The van der Waals surface area contributed by atoms with Gasteiger partial charge in [0.1, 0.15) is 6.04 Å². The molecule has 20 heavy (non-hydrogen) atoms. The number of nitro groups is 1. The molecular weight excluding hydrogens is 284 g/mol. The third-order valence-corrected chi connectivity index (χ3v) is 3.55. The van der Waals surface area contributed by atoms with Gasteiger partial charge in [-0.25, -0.2) is 4.79 Å². The number of benzene rings is 1. The van der Waals surface area contributed by atoms with E-state index in [1.165, 1.54) is 13.0 Å². The molecule has 0 saturated heterocycles. The van der Waals surface area contributed by atoms with E-state index in [2.05, 4.69) is 5.32 Å². The zero-order valence-electron chi connectivity index (χ0n) is 11.0. The van der Waals surface area contributed by atoms with Gasteiger partial charge in [0.05, 0.1) is 9.82 Å². The Bertz CT molecular complexity index is 547. The van der Waals surface area contributed by atoms with Crippen LogP contribution in [0.1, 0.15) is 12.5 Å². The standard InChI is InChI=1S/C12H14N2O5S/c1-7-3-4-11(10(5-7)14(18)19)20-6-9(12(16)17)13-8(2)15/h3-5,9H,6H2,1-2H3,(H,13,15)(H,16,17)/t9-/m0/s1. The number of carboxylic acid groups (broad SMARTS) is 1. The molecule has 0 aliphatic heterocycles. The van der Waals surface area contributed by atoms with Crippen LogP contribution in [-0.2, 0) is 9.59 Å². The number of carbonyl (C=O) groups excluding carboxylic acids is 1. The fraction of sp³-hybridized carbons (Fsp3) is 0.333. The third-order valence-electron chi connectivity index (χ3n) is 2.39. The van der Waals surface area contributed by atoms with Crippen LogP contribution in [0.5, 0.6) is 0 Å².